The zero-order chi connectivity index (χ0) is 12.1. The number of carbonyl (C=O) groups is 1. The van der Waals surface area contributed by atoms with Crippen molar-refractivity contribution in [2.45, 2.75) is 32.5 Å². The molecule has 2 atom stereocenters. The molecule has 1 rings (SSSR count). The topological polar surface area (TPSA) is 72.6 Å². The molecule has 88 valence electrons. The number of nitrogens with two attached hydrogens (primary N) is 1. The molecule has 4 nitrogen and oxygen atoms in total. The van der Waals surface area contributed by atoms with Crippen LogP contribution >= 0.6 is 0 Å². The van der Waals surface area contributed by atoms with Gasteiger partial charge >= 0.3 is 0 Å². The molecule has 0 aliphatic carbocycles. The quantitative estimate of drug-likeness (QED) is 0.792. The van der Waals surface area contributed by atoms with Crippen molar-refractivity contribution in [3.05, 3.63) is 29.8 Å². The van der Waals surface area contributed by atoms with Crippen LogP contribution in [0.15, 0.2) is 24.3 Å². The van der Waals surface area contributed by atoms with E-state index >= 15 is 0 Å². The van der Waals surface area contributed by atoms with E-state index in [1.54, 1.807) is 31.2 Å². The average Bonchev–Trinajstić information content (AvgIpc) is 2.28. The molecule has 0 saturated carbocycles. The van der Waals surface area contributed by atoms with E-state index in [0.717, 1.165) is 5.56 Å². The molecule has 0 fully saturated rings. The van der Waals surface area contributed by atoms with Gasteiger partial charge in [0.05, 0.1) is 6.10 Å². The number of ether oxygens (including phenoxy) is 1. The fourth-order valence-electron chi connectivity index (χ4n) is 1.27. The summed E-state index contributed by atoms with van der Waals surface area (Å²) in [5.41, 5.74) is 5.91. The first kappa shape index (κ1) is 12.5. The van der Waals surface area contributed by atoms with Crippen molar-refractivity contribution in [2.75, 3.05) is 0 Å². The van der Waals surface area contributed by atoms with Crippen LogP contribution in [-0.2, 0) is 4.79 Å². The monoisotopic (exact) mass is 223 g/mol. The van der Waals surface area contributed by atoms with Gasteiger partial charge in [0.25, 0.3) is 5.91 Å². The van der Waals surface area contributed by atoms with Gasteiger partial charge in [-0.3, -0.25) is 4.79 Å². The van der Waals surface area contributed by atoms with Crippen LogP contribution in [0.25, 0.3) is 0 Å². The van der Waals surface area contributed by atoms with Crippen molar-refractivity contribution in [3.8, 4) is 5.75 Å². The van der Waals surface area contributed by atoms with Gasteiger partial charge in [-0.15, -0.1) is 0 Å². The molecule has 0 aromatic heterocycles. The number of carbonyl (C=O) groups excluding carboxylic acids is 1. The maximum absolute atomic E-state index is 10.8. The summed E-state index contributed by atoms with van der Waals surface area (Å²) in [7, 11) is 0. The summed E-state index contributed by atoms with van der Waals surface area (Å²) < 4.78 is 5.29. The van der Waals surface area contributed by atoms with Crippen LogP contribution in [-0.4, -0.2) is 17.1 Å². The predicted molar refractivity (Wildman–Crippen MR) is 61.0 cm³/mol. The molecule has 1 aromatic carbocycles. The van der Waals surface area contributed by atoms with Gasteiger partial charge in [0.1, 0.15) is 5.75 Å². The van der Waals surface area contributed by atoms with Gasteiger partial charge in [-0.1, -0.05) is 19.1 Å². The lowest BCUT2D eigenvalue weighted by atomic mass is 10.1. The third kappa shape index (κ3) is 3.24. The molecule has 4 heteroatoms. The number of benzene rings is 1. The fourth-order valence-corrected chi connectivity index (χ4v) is 1.27. The number of aliphatic hydroxyl groups excluding tert-OH is 1. The van der Waals surface area contributed by atoms with Crippen LogP contribution in [0, 0.1) is 0 Å². The minimum Gasteiger partial charge on any atom is -0.481 e. The van der Waals surface area contributed by atoms with Crippen LogP contribution in [0.2, 0.25) is 0 Å². The minimum atomic E-state index is -0.651. The van der Waals surface area contributed by atoms with E-state index in [-0.39, 0.29) is 0 Å². The van der Waals surface area contributed by atoms with E-state index in [1.807, 2.05) is 6.92 Å². The molecule has 0 aliphatic heterocycles. The van der Waals surface area contributed by atoms with Crippen molar-refractivity contribution in [2.24, 2.45) is 5.73 Å². The SMILES string of the molecule is CCC(O)c1ccc(OC(C)C(N)=O)cc1. The van der Waals surface area contributed by atoms with Crippen molar-refractivity contribution in [1.82, 2.24) is 0 Å². The maximum atomic E-state index is 10.8. The highest BCUT2D eigenvalue weighted by Gasteiger charge is 2.10. The summed E-state index contributed by atoms with van der Waals surface area (Å²) >= 11 is 0. The van der Waals surface area contributed by atoms with E-state index in [2.05, 4.69) is 0 Å². The van der Waals surface area contributed by atoms with Gasteiger partial charge in [-0.05, 0) is 31.0 Å². The second kappa shape index (κ2) is 5.51. The second-order valence-electron chi connectivity index (χ2n) is 3.66. The Hall–Kier alpha value is -1.55. The molecule has 16 heavy (non-hydrogen) atoms. The maximum Gasteiger partial charge on any atom is 0.258 e. The van der Waals surface area contributed by atoms with E-state index in [4.69, 9.17) is 10.5 Å². The first-order valence-corrected chi connectivity index (χ1v) is 5.28. The summed E-state index contributed by atoms with van der Waals surface area (Å²) in [6.45, 7) is 3.50. The molecule has 1 amide bonds. The van der Waals surface area contributed by atoms with Gasteiger partial charge in [0, 0.05) is 0 Å². The summed E-state index contributed by atoms with van der Waals surface area (Å²) in [6, 6.07) is 6.98. The molecule has 0 bridgehead atoms. The lowest BCUT2D eigenvalue weighted by Gasteiger charge is -2.12. The Morgan fingerprint density at radius 3 is 2.44 bits per heavy atom. The van der Waals surface area contributed by atoms with Gasteiger partial charge in [-0.2, -0.15) is 0 Å². The number of hydrogen-bond donors (Lipinski definition) is 2. The van der Waals surface area contributed by atoms with Crippen molar-refractivity contribution in [1.29, 1.82) is 0 Å². The third-order valence-electron chi connectivity index (χ3n) is 2.37. The zero-order valence-corrected chi connectivity index (χ0v) is 9.51. The summed E-state index contributed by atoms with van der Waals surface area (Å²) in [6.07, 6.45) is -0.442. The highest BCUT2D eigenvalue weighted by molar-refractivity contribution is 5.78. The first-order valence-electron chi connectivity index (χ1n) is 5.28. The van der Waals surface area contributed by atoms with E-state index in [1.165, 1.54) is 0 Å². The van der Waals surface area contributed by atoms with Crippen molar-refractivity contribution < 1.29 is 14.6 Å². The molecule has 0 aliphatic rings. The number of hydrogen-bond acceptors (Lipinski definition) is 3. The van der Waals surface area contributed by atoms with E-state index in [9.17, 15) is 9.90 Å². The molecular formula is C12H17NO3. The molecular weight excluding hydrogens is 206 g/mol. The Morgan fingerprint density at radius 2 is 2.00 bits per heavy atom. The van der Waals surface area contributed by atoms with Crippen LogP contribution < -0.4 is 10.5 Å². The van der Waals surface area contributed by atoms with Crippen LogP contribution in [0.4, 0.5) is 0 Å². The Morgan fingerprint density at radius 1 is 1.44 bits per heavy atom. The molecule has 2 unspecified atom stereocenters. The lowest BCUT2D eigenvalue weighted by molar-refractivity contribution is -0.123. The molecule has 1 aromatic rings. The Balaban J connectivity index is 2.68. The molecule has 3 N–H and O–H groups in total. The second-order valence-corrected chi connectivity index (χ2v) is 3.66. The lowest BCUT2D eigenvalue weighted by Crippen LogP contribution is -2.30. The molecule has 0 heterocycles. The molecule has 0 radical (unpaired) electrons. The Kier molecular flexibility index (Phi) is 4.31. The van der Waals surface area contributed by atoms with Crippen LogP contribution in [0.3, 0.4) is 0 Å². The van der Waals surface area contributed by atoms with Crippen LogP contribution in [0.1, 0.15) is 31.9 Å². The van der Waals surface area contributed by atoms with E-state index in [0.29, 0.717) is 12.2 Å². The highest BCUT2D eigenvalue weighted by atomic mass is 16.5. The van der Waals surface area contributed by atoms with Crippen molar-refractivity contribution >= 4 is 5.91 Å². The Labute approximate surface area is 95.0 Å². The highest BCUT2D eigenvalue weighted by Crippen LogP contribution is 2.20. The van der Waals surface area contributed by atoms with E-state index < -0.39 is 18.1 Å². The fraction of sp³-hybridized carbons (Fsp3) is 0.417. The summed E-state index contributed by atoms with van der Waals surface area (Å²) in [5, 5.41) is 9.58. The average molecular weight is 223 g/mol. The van der Waals surface area contributed by atoms with Crippen molar-refractivity contribution in [3.63, 3.8) is 0 Å². The van der Waals surface area contributed by atoms with Gasteiger partial charge in [0.15, 0.2) is 6.10 Å². The number of aliphatic hydroxyl groups is 1. The number of rotatable bonds is 5. The standard InChI is InChI=1S/C12H17NO3/c1-3-11(14)9-4-6-10(7-5-9)16-8(2)12(13)15/h4-8,11,14H,3H2,1-2H3,(H2,13,15). The number of amides is 1. The normalized spacial score (nSPS) is 14.2. The largest absolute Gasteiger partial charge is 0.481 e. The zero-order valence-electron chi connectivity index (χ0n) is 9.51. The first-order chi connectivity index (χ1) is 7.54. The predicted octanol–water partition coefficient (Wildman–Crippen LogP) is 1.38. The number of primary amides is 1. The van der Waals surface area contributed by atoms with Gasteiger partial charge in [0.2, 0.25) is 0 Å². The van der Waals surface area contributed by atoms with Gasteiger partial charge < -0.3 is 15.6 Å². The minimum absolute atomic E-state index is 0.456. The molecule has 0 saturated heterocycles. The third-order valence-corrected chi connectivity index (χ3v) is 2.37. The van der Waals surface area contributed by atoms with Crippen LogP contribution in [0.5, 0.6) is 5.75 Å². The Bertz CT molecular complexity index is 348. The smallest absolute Gasteiger partial charge is 0.258 e. The van der Waals surface area contributed by atoms with Gasteiger partial charge in [-0.25, -0.2) is 0 Å². The summed E-state index contributed by atoms with van der Waals surface area (Å²) in [5.74, 6) is 0.0658. The molecule has 0 spiro atoms. The summed E-state index contributed by atoms with van der Waals surface area (Å²) in [4.78, 5) is 10.8.